The van der Waals surface area contributed by atoms with Gasteiger partial charge in [0.25, 0.3) is 0 Å². The van der Waals surface area contributed by atoms with Gasteiger partial charge in [0.2, 0.25) is 0 Å². The number of carbonyl (C=O) groups is 1. The Morgan fingerprint density at radius 3 is 2.21 bits per heavy atom. The van der Waals surface area contributed by atoms with E-state index in [1.165, 1.54) is 24.3 Å². The Kier molecular flexibility index (Phi) is 7.28. The van der Waals surface area contributed by atoms with Crippen LogP contribution in [0.15, 0.2) is 88.7 Å². The smallest absolute Gasteiger partial charge is 0.410 e. The molecule has 0 radical (unpaired) electrons. The molecule has 2 aliphatic rings. The van der Waals surface area contributed by atoms with Gasteiger partial charge in [0.05, 0.1) is 15.5 Å². The molecular formula is C27H28N2O7S2. The zero-order valence-corrected chi connectivity index (χ0v) is 22.1. The maximum Gasteiger partial charge on any atom is 0.410 e. The van der Waals surface area contributed by atoms with Gasteiger partial charge in [0.15, 0.2) is 19.7 Å². The minimum Gasteiger partial charge on any atom is -0.445 e. The summed E-state index contributed by atoms with van der Waals surface area (Å²) in [7, 11) is -7.90. The number of hydrogen-bond donors (Lipinski definition) is 1. The number of fused-ring (bicyclic) bond motifs is 1. The van der Waals surface area contributed by atoms with E-state index in [-0.39, 0.29) is 27.5 Å². The molecule has 0 saturated carbocycles. The Balaban J connectivity index is 1.34. The molecule has 0 aliphatic carbocycles. The van der Waals surface area contributed by atoms with Crippen LogP contribution in [0.2, 0.25) is 0 Å². The van der Waals surface area contributed by atoms with E-state index in [0.717, 1.165) is 5.56 Å². The van der Waals surface area contributed by atoms with Crippen LogP contribution in [0.3, 0.4) is 0 Å². The molecule has 1 N–H and O–H groups in total. The van der Waals surface area contributed by atoms with E-state index in [4.69, 9.17) is 4.74 Å². The van der Waals surface area contributed by atoms with E-state index >= 15 is 0 Å². The molecule has 0 spiro atoms. The topological polar surface area (TPSA) is 121 Å². The third-order valence-electron chi connectivity index (χ3n) is 6.98. The first-order valence-corrected chi connectivity index (χ1v) is 15.4. The summed E-state index contributed by atoms with van der Waals surface area (Å²) in [5.41, 5.74) is 1.24. The molecule has 3 aromatic carbocycles. The highest BCUT2D eigenvalue weighted by atomic mass is 32.2. The predicted octanol–water partition coefficient (Wildman–Crippen LogP) is 2.93. The van der Waals surface area contributed by atoms with Crippen molar-refractivity contribution in [2.24, 2.45) is 0 Å². The highest BCUT2D eigenvalue weighted by Gasteiger charge is 2.45. The molecule has 0 aromatic heterocycles. The zero-order valence-electron chi connectivity index (χ0n) is 20.5. The second-order valence-electron chi connectivity index (χ2n) is 9.32. The van der Waals surface area contributed by atoms with Crippen LogP contribution in [0.25, 0.3) is 0 Å². The number of sulfone groups is 2. The van der Waals surface area contributed by atoms with E-state index in [1.54, 1.807) is 34.1 Å². The first-order chi connectivity index (χ1) is 18.2. The molecular weight excluding hydrogens is 528 g/mol. The van der Waals surface area contributed by atoms with Crippen molar-refractivity contribution in [3.8, 4) is 0 Å². The lowest BCUT2D eigenvalue weighted by atomic mass is 10.0. The van der Waals surface area contributed by atoms with Gasteiger partial charge in [-0.05, 0) is 29.3 Å². The number of piperazine rings is 1. The molecule has 5 rings (SSSR count). The van der Waals surface area contributed by atoms with Crippen molar-refractivity contribution in [2.75, 3.05) is 31.9 Å². The summed E-state index contributed by atoms with van der Waals surface area (Å²) in [5, 5.41) is 9.98. The second-order valence-corrected chi connectivity index (χ2v) is 13.5. The van der Waals surface area contributed by atoms with Crippen LogP contribution in [-0.4, -0.2) is 69.8 Å². The molecule has 200 valence electrons. The van der Waals surface area contributed by atoms with Gasteiger partial charge in [-0.25, -0.2) is 21.6 Å². The molecule has 9 nitrogen and oxygen atoms in total. The van der Waals surface area contributed by atoms with Crippen LogP contribution in [-0.2, 0) is 31.0 Å². The number of aliphatic hydroxyl groups excluding tert-OH is 1. The van der Waals surface area contributed by atoms with Gasteiger partial charge in [-0.2, -0.15) is 0 Å². The van der Waals surface area contributed by atoms with Crippen LogP contribution in [0, 0.1) is 0 Å². The van der Waals surface area contributed by atoms with Crippen molar-refractivity contribution in [1.82, 2.24) is 9.80 Å². The number of hydrogen-bond acceptors (Lipinski definition) is 8. The SMILES string of the molecule is O=C(OCc1ccccc1)N1CCN(C(O)c2cccc3c2C(S(=O)(=O)c2ccccc2)CS3(=O)=O)CC1. The standard InChI is InChI=1S/C27H28N2O7S2/c30-26(28-14-16-29(17-15-28)27(31)36-18-20-8-3-1-4-9-20)22-12-7-13-23-25(22)24(19-37(23,32)33)38(34,35)21-10-5-2-6-11-21/h1-13,24,26,30H,14-19H2. The van der Waals surface area contributed by atoms with Gasteiger partial charge in [0.1, 0.15) is 18.1 Å². The lowest BCUT2D eigenvalue weighted by Gasteiger charge is -2.37. The summed E-state index contributed by atoms with van der Waals surface area (Å²) in [4.78, 5) is 15.7. The fourth-order valence-electron chi connectivity index (χ4n) is 4.95. The number of aliphatic hydroxyl groups is 1. The largest absolute Gasteiger partial charge is 0.445 e. The first kappa shape index (κ1) is 26.4. The molecule has 3 aromatic rings. The van der Waals surface area contributed by atoms with Crippen LogP contribution in [0.5, 0.6) is 0 Å². The molecule has 2 aliphatic heterocycles. The Labute approximate surface area is 222 Å². The molecule has 2 unspecified atom stereocenters. The Bertz CT molecular complexity index is 1520. The Morgan fingerprint density at radius 1 is 0.921 bits per heavy atom. The van der Waals surface area contributed by atoms with Crippen LogP contribution < -0.4 is 0 Å². The summed E-state index contributed by atoms with van der Waals surface area (Å²) >= 11 is 0. The van der Waals surface area contributed by atoms with Gasteiger partial charge in [-0.1, -0.05) is 60.7 Å². The molecule has 1 saturated heterocycles. The summed E-state index contributed by atoms with van der Waals surface area (Å²) in [6.45, 7) is 1.35. The molecule has 2 heterocycles. The fourth-order valence-corrected chi connectivity index (χ4v) is 9.34. The number of rotatable bonds is 6. The highest BCUT2D eigenvalue weighted by molar-refractivity contribution is 7.96. The first-order valence-electron chi connectivity index (χ1n) is 12.2. The fraction of sp³-hybridized carbons (Fsp3) is 0.296. The maximum atomic E-state index is 13.5. The average Bonchev–Trinajstić information content (AvgIpc) is 3.24. The normalized spacial score (nSPS) is 20.0. The third kappa shape index (κ3) is 5.06. The monoisotopic (exact) mass is 556 g/mol. The van der Waals surface area contributed by atoms with Gasteiger partial charge in [-0.3, -0.25) is 4.90 Å². The lowest BCUT2D eigenvalue weighted by molar-refractivity contribution is -0.0278. The van der Waals surface area contributed by atoms with Crippen LogP contribution in [0.1, 0.15) is 28.2 Å². The van der Waals surface area contributed by atoms with Crippen LogP contribution in [0.4, 0.5) is 4.79 Å². The maximum absolute atomic E-state index is 13.5. The Hall–Kier alpha value is -3.25. The van der Waals surface area contributed by atoms with Gasteiger partial charge >= 0.3 is 6.09 Å². The quantitative estimate of drug-likeness (QED) is 0.492. The van der Waals surface area contributed by atoms with Crippen molar-refractivity contribution in [2.45, 2.75) is 27.9 Å². The number of benzene rings is 3. The van der Waals surface area contributed by atoms with Gasteiger partial charge in [0, 0.05) is 31.7 Å². The molecule has 1 amide bonds. The van der Waals surface area contributed by atoms with Gasteiger partial charge < -0.3 is 14.7 Å². The van der Waals surface area contributed by atoms with Crippen molar-refractivity contribution in [3.63, 3.8) is 0 Å². The van der Waals surface area contributed by atoms with E-state index in [1.807, 2.05) is 30.3 Å². The number of nitrogens with zero attached hydrogens (tertiary/aromatic N) is 2. The van der Waals surface area contributed by atoms with Crippen LogP contribution >= 0.6 is 0 Å². The number of amides is 1. The van der Waals surface area contributed by atoms with Gasteiger partial charge in [-0.15, -0.1) is 0 Å². The minimum absolute atomic E-state index is 0.0278. The second kappa shape index (κ2) is 10.5. The van der Waals surface area contributed by atoms with E-state index in [9.17, 15) is 26.7 Å². The molecule has 2 atom stereocenters. The molecule has 11 heteroatoms. The van der Waals surface area contributed by atoms with Crippen molar-refractivity contribution in [3.05, 3.63) is 95.6 Å². The molecule has 0 bridgehead atoms. The number of ether oxygens (including phenoxy) is 1. The summed E-state index contributed by atoms with van der Waals surface area (Å²) in [5.74, 6) is -0.579. The Morgan fingerprint density at radius 2 is 1.55 bits per heavy atom. The minimum atomic E-state index is -4.04. The van der Waals surface area contributed by atoms with E-state index < -0.39 is 43.0 Å². The molecule has 1 fully saturated rings. The zero-order chi connectivity index (χ0) is 26.9. The van der Waals surface area contributed by atoms with Crippen molar-refractivity contribution >= 4 is 25.8 Å². The average molecular weight is 557 g/mol. The third-order valence-corrected chi connectivity index (χ3v) is 11.1. The molecule has 38 heavy (non-hydrogen) atoms. The van der Waals surface area contributed by atoms with E-state index in [0.29, 0.717) is 26.2 Å². The summed E-state index contributed by atoms with van der Waals surface area (Å²) in [6, 6.07) is 21.6. The lowest BCUT2D eigenvalue weighted by Crippen LogP contribution is -2.50. The van der Waals surface area contributed by atoms with Crippen molar-refractivity contribution in [1.29, 1.82) is 0 Å². The summed E-state index contributed by atoms with van der Waals surface area (Å²) in [6.07, 6.45) is -1.70. The highest BCUT2D eigenvalue weighted by Crippen LogP contribution is 2.44. The van der Waals surface area contributed by atoms with Crippen molar-refractivity contribution < 1.29 is 31.5 Å². The predicted molar refractivity (Wildman–Crippen MR) is 140 cm³/mol. The van der Waals surface area contributed by atoms with E-state index in [2.05, 4.69) is 0 Å². The number of carbonyl (C=O) groups excluding carboxylic acids is 1. The summed E-state index contributed by atoms with van der Waals surface area (Å²) < 4.78 is 58.3.